The summed E-state index contributed by atoms with van der Waals surface area (Å²) in [5, 5.41) is 0. The summed E-state index contributed by atoms with van der Waals surface area (Å²) in [6, 6.07) is 15.0. The van der Waals surface area contributed by atoms with E-state index in [2.05, 4.69) is 0 Å². The Morgan fingerprint density at radius 3 is 2.85 bits per heavy atom. The molecule has 1 aliphatic heterocycles. The predicted octanol–water partition coefficient (Wildman–Crippen LogP) is 2.41. The van der Waals surface area contributed by atoms with Gasteiger partial charge in [0.05, 0.1) is 0 Å². The van der Waals surface area contributed by atoms with Crippen molar-refractivity contribution >= 4 is 17.3 Å². The monoisotopic (exact) mass is 268 g/mol. The molecule has 4 nitrogen and oxygen atoms in total. The number of nitrogens with two attached hydrogens (primary N) is 1. The van der Waals surface area contributed by atoms with Gasteiger partial charge in [0.2, 0.25) is 5.91 Å². The van der Waals surface area contributed by atoms with Gasteiger partial charge in [0.1, 0.15) is 18.3 Å². The molecule has 0 spiro atoms. The second-order valence-electron chi connectivity index (χ2n) is 4.89. The number of nitrogen functional groups attached to an aromatic ring is 1. The minimum absolute atomic E-state index is 0.0144. The molecule has 1 heterocycles. The van der Waals surface area contributed by atoms with Crippen molar-refractivity contribution < 1.29 is 9.53 Å². The van der Waals surface area contributed by atoms with Crippen LogP contribution in [-0.2, 0) is 4.79 Å². The highest BCUT2D eigenvalue weighted by atomic mass is 16.5. The number of ether oxygens (including phenoxy) is 1. The van der Waals surface area contributed by atoms with Crippen LogP contribution in [0.2, 0.25) is 0 Å². The van der Waals surface area contributed by atoms with Gasteiger partial charge in [-0.05, 0) is 24.3 Å². The first-order valence-electron chi connectivity index (χ1n) is 6.51. The van der Waals surface area contributed by atoms with E-state index in [0.717, 1.165) is 17.0 Å². The van der Waals surface area contributed by atoms with Crippen molar-refractivity contribution in [1.82, 2.24) is 0 Å². The van der Waals surface area contributed by atoms with Crippen LogP contribution < -0.4 is 15.4 Å². The van der Waals surface area contributed by atoms with Gasteiger partial charge < -0.3 is 15.4 Å². The molecule has 0 saturated carbocycles. The Balaban J connectivity index is 1.87. The molecule has 1 aliphatic rings. The first-order valence-corrected chi connectivity index (χ1v) is 6.51. The maximum absolute atomic E-state index is 12.6. The van der Waals surface area contributed by atoms with Crippen molar-refractivity contribution in [1.29, 1.82) is 0 Å². The Morgan fingerprint density at radius 1 is 1.25 bits per heavy atom. The number of hydrogen-bond acceptors (Lipinski definition) is 3. The fourth-order valence-corrected chi connectivity index (χ4v) is 2.46. The van der Waals surface area contributed by atoms with E-state index in [9.17, 15) is 4.79 Å². The summed E-state index contributed by atoms with van der Waals surface area (Å²) in [5.41, 5.74) is 8.15. The van der Waals surface area contributed by atoms with E-state index < -0.39 is 0 Å². The highest BCUT2D eigenvalue weighted by Crippen LogP contribution is 2.35. The number of carbonyl (C=O) groups is 1. The zero-order chi connectivity index (χ0) is 14.1. The molecule has 3 rings (SSSR count). The minimum Gasteiger partial charge on any atom is -0.492 e. The number of hydrogen-bond donors (Lipinski definition) is 1. The Bertz CT molecular complexity index is 654. The van der Waals surface area contributed by atoms with Crippen molar-refractivity contribution in [3.05, 3.63) is 54.1 Å². The summed E-state index contributed by atoms with van der Waals surface area (Å²) in [6.45, 7) is 0.394. The van der Waals surface area contributed by atoms with Crippen LogP contribution in [0.3, 0.4) is 0 Å². The van der Waals surface area contributed by atoms with E-state index in [-0.39, 0.29) is 11.8 Å². The molecular formula is C16H16N2O2. The van der Waals surface area contributed by atoms with E-state index in [1.807, 2.05) is 36.4 Å². The molecule has 0 aliphatic carbocycles. The van der Waals surface area contributed by atoms with Crippen molar-refractivity contribution in [2.45, 2.75) is 5.92 Å². The molecule has 1 amide bonds. The summed E-state index contributed by atoms with van der Waals surface area (Å²) in [6.07, 6.45) is 0. The van der Waals surface area contributed by atoms with E-state index in [4.69, 9.17) is 10.5 Å². The van der Waals surface area contributed by atoms with Crippen LogP contribution in [0.5, 0.6) is 5.75 Å². The van der Waals surface area contributed by atoms with Crippen LogP contribution in [0.15, 0.2) is 48.5 Å². The van der Waals surface area contributed by atoms with Gasteiger partial charge in [-0.1, -0.05) is 24.3 Å². The Hall–Kier alpha value is -2.49. The van der Waals surface area contributed by atoms with Crippen molar-refractivity contribution in [3.8, 4) is 5.75 Å². The quantitative estimate of drug-likeness (QED) is 0.851. The van der Waals surface area contributed by atoms with Gasteiger partial charge in [-0.15, -0.1) is 0 Å². The average molecular weight is 268 g/mol. The molecule has 2 aromatic carbocycles. The zero-order valence-electron chi connectivity index (χ0n) is 11.2. The maximum atomic E-state index is 12.6. The number of benzene rings is 2. The van der Waals surface area contributed by atoms with Crippen LogP contribution in [0.1, 0.15) is 11.5 Å². The number of rotatable bonds is 2. The third kappa shape index (κ3) is 2.09. The summed E-state index contributed by atoms with van der Waals surface area (Å²) in [4.78, 5) is 14.3. The smallest absolute Gasteiger partial charge is 0.237 e. The lowest BCUT2D eigenvalue weighted by atomic mass is 10.00. The SMILES string of the molecule is CN(C(=O)C1COc2ccccc21)c1cccc(N)c1. The standard InChI is InChI=1S/C16H16N2O2/c1-18(12-6-4-5-11(17)9-12)16(19)14-10-20-15-8-3-2-7-13(14)15/h2-9,14H,10,17H2,1H3. The molecule has 0 aromatic heterocycles. The van der Waals surface area contributed by atoms with Gasteiger partial charge in [-0.2, -0.15) is 0 Å². The normalized spacial score (nSPS) is 16.4. The fourth-order valence-electron chi connectivity index (χ4n) is 2.46. The van der Waals surface area contributed by atoms with Crippen molar-refractivity contribution in [3.63, 3.8) is 0 Å². The van der Waals surface area contributed by atoms with Gasteiger partial charge in [0, 0.05) is 24.0 Å². The Kier molecular flexibility index (Phi) is 3.06. The van der Waals surface area contributed by atoms with Gasteiger partial charge in [-0.3, -0.25) is 4.79 Å². The molecule has 2 N–H and O–H groups in total. The molecule has 0 fully saturated rings. The lowest BCUT2D eigenvalue weighted by Gasteiger charge is -2.21. The summed E-state index contributed by atoms with van der Waals surface area (Å²) < 4.78 is 5.57. The lowest BCUT2D eigenvalue weighted by molar-refractivity contribution is -0.119. The largest absolute Gasteiger partial charge is 0.492 e. The van der Waals surface area contributed by atoms with Gasteiger partial charge in [0.25, 0.3) is 0 Å². The predicted molar refractivity (Wildman–Crippen MR) is 78.9 cm³/mol. The Morgan fingerprint density at radius 2 is 2.05 bits per heavy atom. The minimum atomic E-state index is -0.252. The number of likely N-dealkylation sites (N-methyl/N-ethyl adjacent to an activating group) is 1. The number of amides is 1. The summed E-state index contributed by atoms with van der Waals surface area (Å²) in [5.74, 6) is 0.560. The number of anilines is 2. The molecule has 0 radical (unpaired) electrons. The highest BCUT2D eigenvalue weighted by molar-refractivity contribution is 5.98. The molecular weight excluding hydrogens is 252 g/mol. The van der Waals surface area contributed by atoms with Crippen LogP contribution in [-0.4, -0.2) is 19.6 Å². The van der Waals surface area contributed by atoms with Gasteiger partial charge in [0.15, 0.2) is 0 Å². The van der Waals surface area contributed by atoms with E-state index in [0.29, 0.717) is 12.3 Å². The number of para-hydroxylation sites is 1. The van der Waals surface area contributed by atoms with Crippen LogP contribution in [0, 0.1) is 0 Å². The molecule has 102 valence electrons. The van der Waals surface area contributed by atoms with Gasteiger partial charge in [-0.25, -0.2) is 0 Å². The van der Waals surface area contributed by atoms with Crippen LogP contribution in [0.25, 0.3) is 0 Å². The first-order chi connectivity index (χ1) is 9.66. The zero-order valence-corrected chi connectivity index (χ0v) is 11.2. The summed E-state index contributed by atoms with van der Waals surface area (Å²) >= 11 is 0. The highest BCUT2D eigenvalue weighted by Gasteiger charge is 2.32. The van der Waals surface area contributed by atoms with Gasteiger partial charge >= 0.3 is 0 Å². The van der Waals surface area contributed by atoms with Crippen molar-refractivity contribution in [2.75, 3.05) is 24.3 Å². The molecule has 2 aromatic rings. The third-order valence-electron chi connectivity index (χ3n) is 3.59. The maximum Gasteiger partial charge on any atom is 0.237 e. The lowest BCUT2D eigenvalue weighted by Crippen LogP contribution is -2.32. The topological polar surface area (TPSA) is 55.6 Å². The molecule has 0 bridgehead atoms. The molecule has 20 heavy (non-hydrogen) atoms. The molecule has 1 atom stereocenters. The number of nitrogens with zero attached hydrogens (tertiary/aromatic N) is 1. The van der Waals surface area contributed by atoms with Crippen LogP contribution in [0.4, 0.5) is 11.4 Å². The third-order valence-corrected chi connectivity index (χ3v) is 3.59. The average Bonchev–Trinajstić information content (AvgIpc) is 2.89. The molecule has 1 unspecified atom stereocenters. The van der Waals surface area contributed by atoms with E-state index >= 15 is 0 Å². The second kappa shape index (κ2) is 4.89. The number of fused-ring (bicyclic) bond motifs is 1. The van der Waals surface area contributed by atoms with E-state index in [1.54, 1.807) is 24.1 Å². The first kappa shape index (κ1) is 12.5. The summed E-state index contributed by atoms with van der Waals surface area (Å²) in [7, 11) is 1.76. The molecule has 0 saturated heterocycles. The van der Waals surface area contributed by atoms with Crippen molar-refractivity contribution in [2.24, 2.45) is 0 Å². The van der Waals surface area contributed by atoms with E-state index in [1.165, 1.54) is 0 Å². The number of carbonyl (C=O) groups excluding carboxylic acids is 1. The second-order valence-corrected chi connectivity index (χ2v) is 4.89. The fraction of sp³-hybridized carbons (Fsp3) is 0.188. The Labute approximate surface area is 117 Å². The van der Waals surface area contributed by atoms with Crippen LogP contribution >= 0.6 is 0 Å². The molecule has 4 heteroatoms.